The van der Waals surface area contributed by atoms with Crippen molar-refractivity contribution in [2.24, 2.45) is 5.92 Å². The molecule has 0 spiro atoms. The van der Waals surface area contributed by atoms with Gasteiger partial charge in [-0.3, -0.25) is 19.7 Å². The summed E-state index contributed by atoms with van der Waals surface area (Å²) in [5, 5.41) is 13.7. The first kappa shape index (κ1) is 21.1. The molecule has 1 aliphatic heterocycles. The van der Waals surface area contributed by atoms with Crippen LogP contribution in [0.15, 0.2) is 18.2 Å². The van der Waals surface area contributed by atoms with Crippen molar-refractivity contribution in [1.82, 2.24) is 5.32 Å². The molecule has 1 N–H and O–H groups in total. The second-order valence-corrected chi connectivity index (χ2v) is 6.58. The van der Waals surface area contributed by atoms with Gasteiger partial charge in [0.05, 0.1) is 17.6 Å². The van der Waals surface area contributed by atoms with Crippen molar-refractivity contribution in [2.45, 2.75) is 19.8 Å². The first-order valence-corrected chi connectivity index (χ1v) is 8.85. The maximum atomic E-state index is 12.1. The van der Waals surface area contributed by atoms with Crippen LogP contribution in [0.4, 0.5) is 11.4 Å². The summed E-state index contributed by atoms with van der Waals surface area (Å²) < 4.78 is 9.22. The van der Waals surface area contributed by atoms with Gasteiger partial charge in [-0.1, -0.05) is 6.92 Å². The fourth-order valence-electron chi connectivity index (χ4n) is 2.98. The average Bonchev–Trinajstić information content (AvgIpc) is 2.69. The van der Waals surface area contributed by atoms with Gasteiger partial charge in [0, 0.05) is 19.2 Å². The quantitative estimate of drug-likeness (QED) is 0.417. The number of piperidine rings is 1. The lowest BCUT2D eigenvalue weighted by atomic mass is 9.99. The van der Waals surface area contributed by atoms with E-state index >= 15 is 0 Å². The fraction of sp³-hybridized carbons (Fsp3) is 0.500. The number of nitro groups is 1. The van der Waals surface area contributed by atoms with Gasteiger partial charge in [-0.05, 0) is 30.9 Å². The molecule has 1 amide bonds. The van der Waals surface area contributed by atoms with Crippen LogP contribution < -0.4 is 10.2 Å². The van der Waals surface area contributed by atoms with Crippen molar-refractivity contribution >= 4 is 29.2 Å². The predicted octanol–water partition coefficient (Wildman–Crippen LogP) is 1.28. The van der Waals surface area contributed by atoms with Gasteiger partial charge in [-0.2, -0.15) is 0 Å². The number of nitro benzene ring substituents is 1. The minimum Gasteiger partial charge on any atom is -0.468 e. The van der Waals surface area contributed by atoms with Crippen LogP contribution in [0.25, 0.3) is 0 Å². The van der Waals surface area contributed by atoms with Crippen molar-refractivity contribution < 1.29 is 28.8 Å². The molecule has 1 heterocycles. The minimum atomic E-state index is -0.866. The standard InChI is InChI=1S/C18H23N3O7/c1-12-4-3-7-20(10-12)14-6-5-13(8-15(14)21(25)26)18(24)28-11-16(22)19-9-17(23)27-2/h5-6,8,12H,3-4,7,9-11H2,1-2H3,(H,19,22)/t12-/m0/s1. The molecule has 0 aromatic heterocycles. The van der Waals surface area contributed by atoms with Gasteiger partial charge in [0.1, 0.15) is 12.2 Å². The summed E-state index contributed by atoms with van der Waals surface area (Å²) in [6.45, 7) is 2.56. The van der Waals surface area contributed by atoms with Gasteiger partial charge in [0.25, 0.3) is 11.6 Å². The summed E-state index contributed by atoms with van der Waals surface area (Å²) in [6, 6.07) is 4.13. The van der Waals surface area contributed by atoms with E-state index in [1.165, 1.54) is 19.2 Å². The van der Waals surface area contributed by atoms with Crippen molar-refractivity contribution in [3.8, 4) is 0 Å². The lowest BCUT2D eigenvalue weighted by Gasteiger charge is -2.32. The summed E-state index contributed by atoms with van der Waals surface area (Å²) in [5.41, 5.74) is 0.254. The molecule has 1 aromatic rings. The van der Waals surface area contributed by atoms with E-state index < -0.39 is 29.4 Å². The fourth-order valence-corrected chi connectivity index (χ4v) is 2.98. The SMILES string of the molecule is COC(=O)CNC(=O)COC(=O)c1ccc(N2CCC[C@H](C)C2)c([N+](=O)[O-])c1. The molecule has 0 saturated carbocycles. The Hall–Kier alpha value is -3.17. The molecule has 10 nitrogen and oxygen atoms in total. The highest BCUT2D eigenvalue weighted by atomic mass is 16.6. The molecule has 0 bridgehead atoms. The summed E-state index contributed by atoms with van der Waals surface area (Å²) in [5.74, 6) is -1.76. The number of benzene rings is 1. The maximum Gasteiger partial charge on any atom is 0.338 e. The van der Waals surface area contributed by atoms with Crippen LogP contribution in [0.2, 0.25) is 0 Å². The lowest BCUT2D eigenvalue weighted by Crippen LogP contribution is -2.34. The molecule has 1 saturated heterocycles. The second kappa shape index (κ2) is 9.67. The van der Waals surface area contributed by atoms with Crippen molar-refractivity contribution in [1.29, 1.82) is 0 Å². The number of ether oxygens (including phenoxy) is 2. The zero-order valence-corrected chi connectivity index (χ0v) is 15.8. The number of carbonyl (C=O) groups is 3. The van der Waals surface area contributed by atoms with E-state index in [1.807, 2.05) is 4.90 Å². The molecule has 1 atom stereocenters. The Morgan fingerprint density at radius 1 is 1.36 bits per heavy atom. The molecule has 0 unspecified atom stereocenters. The number of amides is 1. The summed E-state index contributed by atoms with van der Waals surface area (Å²) in [6.07, 6.45) is 2.02. The summed E-state index contributed by atoms with van der Waals surface area (Å²) in [4.78, 5) is 47.5. The van der Waals surface area contributed by atoms with Crippen LogP contribution in [0.1, 0.15) is 30.1 Å². The molecule has 10 heteroatoms. The van der Waals surface area contributed by atoms with Gasteiger partial charge >= 0.3 is 11.9 Å². The topological polar surface area (TPSA) is 128 Å². The van der Waals surface area contributed by atoms with Gasteiger partial charge in [-0.25, -0.2) is 4.79 Å². The Labute approximate surface area is 161 Å². The number of methoxy groups -OCH3 is 1. The summed E-state index contributed by atoms with van der Waals surface area (Å²) >= 11 is 0. The second-order valence-electron chi connectivity index (χ2n) is 6.58. The number of nitrogens with zero attached hydrogens (tertiary/aromatic N) is 2. The van der Waals surface area contributed by atoms with Crippen LogP contribution in [0.3, 0.4) is 0 Å². The molecule has 1 fully saturated rings. The van der Waals surface area contributed by atoms with Crippen LogP contribution in [0.5, 0.6) is 0 Å². The Bertz CT molecular complexity index is 766. The number of nitrogens with one attached hydrogen (secondary N) is 1. The third-order valence-corrected chi connectivity index (χ3v) is 4.40. The number of carbonyl (C=O) groups excluding carboxylic acids is 3. The molecule has 0 radical (unpaired) electrons. The van der Waals surface area contributed by atoms with Crippen molar-refractivity contribution in [3.63, 3.8) is 0 Å². The highest BCUT2D eigenvalue weighted by Crippen LogP contribution is 2.32. The van der Waals surface area contributed by atoms with Gasteiger partial charge in [-0.15, -0.1) is 0 Å². The normalized spacial score (nSPS) is 16.2. The van der Waals surface area contributed by atoms with Gasteiger partial charge < -0.3 is 19.7 Å². The van der Waals surface area contributed by atoms with Crippen LogP contribution in [-0.2, 0) is 19.1 Å². The first-order chi connectivity index (χ1) is 13.3. The molecule has 28 heavy (non-hydrogen) atoms. The third-order valence-electron chi connectivity index (χ3n) is 4.40. The maximum absolute atomic E-state index is 12.1. The number of anilines is 1. The number of esters is 2. The zero-order chi connectivity index (χ0) is 20.7. The highest BCUT2D eigenvalue weighted by Gasteiger charge is 2.25. The number of hydrogen-bond acceptors (Lipinski definition) is 8. The monoisotopic (exact) mass is 393 g/mol. The van der Waals surface area contributed by atoms with Crippen LogP contribution in [0, 0.1) is 16.0 Å². The largest absolute Gasteiger partial charge is 0.468 e. The summed E-state index contributed by atoms with van der Waals surface area (Å²) in [7, 11) is 1.18. The minimum absolute atomic E-state index is 0.0266. The smallest absolute Gasteiger partial charge is 0.338 e. The van der Waals surface area contributed by atoms with Gasteiger partial charge in [0.2, 0.25) is 0 Å². The lowest BCUT2D eigenvalue weighted by molar-refractivity contribution is -0.384. The molecule has 2 rings (SSSR count). The Morgan fingerprint density at radius 3 is 2.75 bits per heavy atom. The average molecular weight is 393 g/mol. The third kappa shape index (κ3) is 5.66. The van der Waals surface area contributed by atoms with Crippen molar-refractivity contribution in [3.05, 3.63) is 33.9 Å². The van der Waals surface area contributed by atoms with E-state index in [0.29, 0.717) is 18.2 Å². The van der Waals surface area contributed by atoms with E-state index in [2.05, 4.69) is 17.0 Å². The van der Waals surface area contributed by atoms with E-state index in [0.717, 1.165) is 25.5 Å². The molecule has 0 aliphatic carbocycles. The van der Waals surface area contributed by atoms with Crippen LogP contribution >= 0.6 is 0 Å². The molecule has 1 aromatic carbocycles. The first-order valence-electron chi connectivity index (χ1n) is 8.85. The van der Waals surface area contributed by atoms with E-state index in [9.17, 15) is 24.5 Å². The zero-order valence-electron chi connectivity index (χ0n) is 15.8. The highest BCUT2D eigenvalue weighted by molar-refractivity contribution is 5.93. The van der Waals surface area contributed by atoms with Crippen molar-refractivity contribution in [2.75, 3.05) is 38.3 Å². The number of rotatable bonds is 7. The van der Waals surface area contributed by atoms with E-state index in [-0.39, 0.29) is 17.8 Å². The molecular formula is C18H23N3O7. The van der Waals surface area contributed by atoms with E-state index in [1.54, 1.807) is 0 Å². The Morgan fingerprint density at radius 2 is 2.11 bits per heavy atom. The Kier molecular flexibility index (Phi) is 7.30. The molecule has 152 valence electrons. The molecule has 1 aliphatic rings. The Balaban J connectivity index is 2.04. The predicted molar refractivity (Wildman–Crippen MR) is 99.0 cm³/mol. The van der Waals surface area contributed by atoms with Gasteiger partial charge in [0.15, 0.2) is 6.61 Å². The van der Waals surface area contributed by atoms with Crippen LogP contribution in [-0.4, -0.2) is 56.1 Å². The molecular weight excluding hydrogens is 370 g/mol. The number of hydrogen-bond donors (Lipinski definition) is 1. The van der Waals surface area contributed by atoms with E-state index in [4.69, 9.17) is 4.74 Å².